The molecule has 2 heteroatoms. The smallest absolute Gasteiger partial charge is 0.212 e. The van der Waals surface area contributed by atoms with Crippen LogP contribution in [0.15, 0.2) is 0 Å². The lowest BCUT2D eigenvalue weighted by Gasteiger charge is -2.16. The van der Waals surface area contributed by atoms with Gasteiger partial charge in [0.25, 0.3) is 0 Å². The lowest BCUT2D eigenvalue weighted by Crippen LogP contribution is -2.15. The van der Waals surface area contributed by atoms with E-state index in [4.69, 9.17) is 0 Å². The highest BCUT2D eigenvalue weighted by Gasteiger charge is 2.16. The van der Waals surface area contributed by atoms with Gasteiger partial charge in [0.2, 0.25) is 6.29 Å². The molecule has 0 bridgehead atoms. The van der Waals surface area contributed by atoms with Crippen molar-refractivity contribution in [2.45, 2.75) is 11.7 Å². The molecule has 0 spiro atoms. The molecular formula is C4H5OS. The van der Waals surface area contributed by atoms with E-state index >= 15 is 0 Å². The van der Waals surface area contributed by atoms with E-state index in [1.165, 1.54) is 0 Å². The van der Waals surface area contributed by atoms with Crippen LogP contribution in [0, 0.1) is 0 Å². The molecule has 0 saturated carbocycles. The first-order valence-corrected chi connectivity index (χ1v) is 2.97. The summed E-state index contributed by atoms with van der Waals surface area (Å²) in [4.78, 5) is 9.64. The molecule has 1 aliphatic heterocycles. The molecule has 1 radical (unpaired) electrons. The highest BCUT2D eigenvalue weighted by atomic mass is 32.2. The summed E-state index contributed by atoms with van der Waals surface area (Å²) in [5.74, 6) is 1.15. The summed E-state index contributed by atoms with van der Waals surface area (Å²) < 4.78 is 0. The summed E-state index contributed by atoms with van der Waals surface area (Å²) in [6, 6.07) is 0. The van der Waals surface area contributed by atoms with Crippen molar-refractivity contribution in [1.82, 2.24) is 0 Å². The lowest BCUT2D eigenvalue weighted by molar-refractivity contribution is 0.550. The van der Waals surface area contributed by atoms with Crippen molar-refractivity contribution < 1.29 is 4.79 Å². The molecule has 0 aromatic carbocycles. The van der Waals surface area contributed by atoms with Gasteiger partial charge in [0, 0.05) is 0 Å². The normalized spacial score (nSPS) is 31.7. The van der Waals surface area contributed by atoms with Crippen LogP contribution in [0.2, 0.25) is 0 Å². The minimum absolute atomic E-state index is 0.227. The van der Waals surface area contributed by atoms with Crippen molar-refractivity contribution in [3.05, 3.63) is 0 Å². The predicted octanol–water partition coefficient (Wildman–Crippen LogP) is 0.602. The van der Waals surface area contributed by atoms with Crippen LogP contribution in [-0.2, 0) is 4.79 Å². The summed E-state index contributed by atoms with van der Waals surface area (Å²) in [7, 11) is 0. The Morgan fingerprint density at radius 3 is 2.50 bits per heavy atom. The Balaban J connectivity index is 2.16. The second kappa shape index (κ2) is 1.65. The highest BCUT2D eigenvalue weighted by Crippen LogP contribution is 2.24. The van der Waals surface area contributed by atoms with Crippen LogP contribution in [0.4, 0.5) is 0 Å². The van der Waals surface area contributed by atoms with E-state index in [1.807, 2.05) is 6.29 Å². The number of rotatable bonds is 1. The van der Waals surface area contributed by atoms with Crippen molar-refractivity contribution in [2.24, 2.45) is 0 Å². The van der Waals surface area contributed by atoms with E-state index in [0.29, 0.717) is 0 Å². The van der Waals surface area contributed by atoms with Gasteiger partial charge in [0.05, 0.1) is 5.25 Å². The second-order valence-electron chi connectivity index (χ2n) is 1.27. The number of hydrogen-bond acceptors (Lipinski definition) is 2. The molecule has 1 nitrogen and oxygen atoms in total. The zero-order valence-electron chi connectivity index (χ0n) is 3.31. The van der Waals surface area contributed by atoms with Gasteiger partial charge in [0.15, 0.2) is 0 Å². The van der Waals surface area contributed by atoms with Gasteiger partial charge >= 0.3 is 0 Å². The summed E-state index contributed by atoms with van der Waals surface area (Å²) in [5, 5.41) is 0.227. The van der Waals surface area contributed by atoms with Crippen LogP contribution < -0.4 is 0 Å². The van der Waals surface area contributed by atoms with Crippen LogP contribution in [0.1, 0.15) is 6.42 Å². The summed E-state index contributed by atoms with van der Waals surface area (Å²) in [5.41, 5.74) is 0. The quantitative estimate of drug-likeness (QED) is 0.481. The van der Waals surface area contributed by atoms with Gasteiger partial charge in [-0.15, -0.1) is 0 Å². The Kier molecular flexibility index (Phi) is 1.15. The largest absolute Gasteiger partial charge is 0.290 e. The van der Waals surface area contributed by atoms with Crippen LogP contribution in [0.25, 0.3) is 0 Å². The average Bonchev–Trinajstić information content (AvgIpc) is 1.31. The number of carbonyl (C=O) groups excluding carboxylic acids is 1. The molecule has 0 amide bonds. The Hall–Kier alpha value is 0.0200. The maximum absolute atomic E-state index is 9.64. The molecule has 0 unspecified atom stereocenters. The van der Waals surface area contributed by atoms with Crippen molar-refractivity contribution in [3.8, 4) is 0 Å². The minimum atomic E-state index is 0.227. The molecule has 6 heavy (non-hydrogen) atoms. The van der Waals surface area contributed by atoms with Crippen LogP contribution in [0.5, 0.6) is 0 Å². The first kappa shape index (κ1) is 4.19. The maximum atomic E-state index is 9.64. The van der Waals surface area contributed by atoms with Gasteiger partial charge in [0.1, 0.15) is 0 Å². The molecule has 1 rings (SSSR count). The van der Waals surface area contributed by atoms with Gasteiger partial charge in [-0.3, -0.25) is 4.79 Å². The topological polar surface area (TPSA) is 17.1 Å². The fraction of sp³-hybridized carbons (Fsp3) is 0.750. The van der Waals surface area contributed by atoms with Crippen molar-refractivity contribution in [2.75, 3.05) is 5.75 Å². The Morgan fingerprint density at radius 2 is 2.50 bits per heavy atom. The third-order valence-corrected chi connectivity index (χ3v) is 2.04. The molecule has 0 aliphatic carbocycles. The molecule has 1 fully saturated rings. The molecular weight excluding hydrogens is 96.1 g/mol. The average molecular weight is 101 g/mol. The Labute approximate surface area is 41.1 Å². The Bertz CT molecular complexity index is 58.6. The Morgan fingerprint density at radius 1 is 1.83 bits per heavy atom. The number of thioether (sulfide) groups is 1. The van der Waals surface area contributed by atoms with Crippen LogP contribution >= 0.6 is 11.8 Å². The SMILES string of the molecule is O=[C][C@@H]1CCS1. The third kappa shape index (κ3) is 0.570. The van der Waals surface area contributed by atoms with E-state index in [1.54, 1.807) is 11.8 Å². The van der Waals surface area contributed by atoms with Crippen LogP contribution in [-0.4, -0.2) is 17.3 Å². The minimum Gasteiger partial charge on any atom is -0.290 e. The zero-order valence-corrected chi connectivity index (χ0v) is 4.12. The molecule has 0 N–H and O–H groups in total. The summed E-state index contributed by atoms with van der Waals surface area (Å²) in [6.07, 6.45) is 2.96. The molecule has 1 atom stereocenters. The molecule has 0 aromatic rings. The zero-order chi connectivity index (χ0) is 4.41. The molecule has 33 valence electrons. The van der Waals surface area contributed by atoms with Crippen molar-refractivity contribution >= 4 is 18.0 Å². The monoisotopic (exact) mass is 101 g/mol. The maximum Gasteiger partial charge on any atom is 0.212 e. The fourth-order valence-corrected chi connectivity index (χ4v) is 0.868. The van der Waals surface area contributed by atoms with Crippen LogP contribution in [0.3, 0.4) is 0 Å². The molecule has 1 heterocycles. The standard InChI is InChI=1S/C4H5OS/c5-3-4-1-2-6-4/h4H,1-2H2/t4-/m0/s1. The predicted molar refractivity (Wildman–Crippen MR) is 26.6 cm³/mol. The third-order valence-electron chi connectivity index (χ3n) is 0.831. The molecule has 0 aromatic heterocycles. The number of hydrogen-bond donors (Lipinski definition) is 0. The van der Waals surface area contributed by atoms with Crippen molar-refractivity contribution in [3.63, 3.8) is 0 Å². The van der Waals surface area contributed by atoms with Gasteiger partial charge in [-0.25, -0.2) is 0 Å². The highest BCUT2D eigenvalue weighted by molar-refractivity contribution is 8.01. The first-order valence-electron chi connectivity index (χ1n) is 1.93. The second-order valence-corrected chi connectivity index (χ2v) is 2.58. The van der Waals surface area contributed by atoms with Gasteiger partial charge < -0.3 is 0 Å². The molecule has 1 saturated heterocycles. The fourth-order valence-electron chi connectivity index (χ4n) is 0.329. The van der Waals surface area contributed by atoms with Gasteiger partial charge in [-0.05, 0) is 12.2 Å². The van der Waals surface area contributed by atoms with E-state index in [-0.39, 0.29) is 5.25 Å². The first-order chi connectivity index (χ1) is 2.93. The van der Waals surface area contributed by atoms with Gasteiger partial charge in [-0.2, -0.15) is 11.8 Å². The summed E-state index contributed by atoms with van der Waals surface area (Å²) >= 11 is 1.68. The molecule has 1 aliphatic rings. The lowest BCUT2D eigenvalue weighted by atomic mass is 10.3. The van der Waals surface area contributed by atoms with E-state index in [9.17, 15) is 4.79 Å². The van der Waals surface area contributed by atoms with E-state index in [2.05, 4.69) is 0 Å². The van der Waals surface area contributed by atoms with E-state index in [0.717, 1.165) is 12.2 Å². The van der Waals surface area contributed by atoms with E-state index < -0.39 is 0 Å². The summed E-state index contributed by atoms with van der Waals surface area (Å²) in [6.45, 7) is 0. The van der Waals surface area contributed by atoms with Crippen molar-refractivity contribution in [1.29, 1.82) is 0 Å². The van der Waals surface area contributed by atoms with Gasteiger partial charge in [-0.1, -0.05) is 0 Å².